The minimum absolute atomic E-state index is 0.0161. The third-order valence-corrected chi connectivity index (χ3v) is 6.49. The lowest BCUT2D eigenvalue weighted by Crippen LogP contribution is -2.31. The van der Waals surface area contributed by atoms with E-state index in [1.165, 1.54) is 36.2 Å². The SMILES string of the molecule is O=C(CN[C@H](c1ccccc1)c1cccs1)Nc1ccc(N2CCCCCC2)cc1. The van der Waals surface area contributed by atoms with Crippen molar-refractivity contribution in [2.24, 2.45) is 0 Å². The van der Waals surface area contributed by atoms with Crippen LogP contribution in [0.25, 0.3) is 0 Å². The molecule has 156 valence electrons. The largest absolute Gasteiger partial charge is 0.372 e. The maximum Gasteiger partial charge on any atom is 0.238 e. The van der Waals surface area contributed by atoms with E-state index in [2.05, 4.69) is 51.2 Å². The maximum absolute atomic E-state index is 12.6. The summed E-state index contributed by atoms with van der Waals surface area (Å²) in [6.45, 7) is 2.50. The van der Waals surface area contributed by atoms with Gasteiger partial charge in [0.05, 0.1) is 12.6 Å². The van der Waals surface area contributed by atoms with Crippen LogP contribution in [0.5, 0.6) is 0 Å². The van der Waals surface area contributed by atoms with Crippen LogP contribution in [0.2, 0.25) is 0 Å². The summed E-state index contributed by atoms with van der Waals surface area (Å²) in [5, 5.41) is 8.51. The topological polar surface area (TPSA) is 44.4 Å². The van der Waals surface area contributed by atoms with Crippen LogP contribution in [0, 0.1) is 0 Å². The first-order chi connectivity index (χ1) is 14.8. The van der Waals surface area contributed by atoms with E-state index in [9.17, 15) is 4.79 Å². The molecule has 1 aliphatic rings. The maximum atomic E-state index is 12.6. The van der Waals surface area contributed by atoms with Crippen molar-refractivity contribution in [1.29, 1.82) is 0 Å². The highest BCUT2D eigenvalue weighted by molar-refractivity contribution is 7.10. The predicted molar refractivity (Wildman–Crippen MR) is 126 cm³/mol. The van der Waals surface area contributed by atoms with E-state index in [0.717, 1.165) is 24.3 Å². The molecule has 1 atom stereocenters. The molecule has 0 unspecified atom stereocenters. The smallest absolute Gasteiger partial charge is 0.238 e. The van der Waals surface area contributed by atoms with Gasteiger partial charge >= 0.3 is 0 Å². The van der Waals surface area contributed by atoms with Crippen LogP contribution in [0.15, 0.2) is 72.1 Å². The highest BCUT2D eigenvalue weighted by atomic mass is 32.1. The molecule has 5 heteroatoms. The Morgan fingerprint density at radius 2 is 1.63 bits per heavy atom. The fourth-order valence-corrected chi connectivity index (χ4v) is 4.80. The van der Waals surface area contributed by atoms with Crippen LogP contribution >= 0.6 is 11.3 Å². The first kappa shape index (κ1) is 20.6. The van der Waals surface area contributed by atoms with Crippen molar-refractivity contribution in [3.63, 3.8) is 0 Å². The number of nitrogens with one attached hydrogen (secondary N) is 2. The molecule has 2 heterocycles. The minimum Gasteiger partial charge on any atom is -0.372 e. The molecule has 1 fully saturated rings. The normalized spacial score (nSPS) is 15.4. The van der Waals surface area contributed by atoms with Gasteiger partial charge in [-0.1, -0.05) is 49.2 Å². The van der Waals surface area contributed by atoms with E-state index in [1.807, 2.05) is 36.4 Å². The number of hydrogen-bond acceptors (Lipinski definition) is 4. The van der Waals surface area contributed by atoms with Gasteiger partial charge in [0, 0.05) is 29.3 Å². The number of hydrogen-bond donors (Lipinski definition) is 2. The van der Waals surface area contributed by atoms with E-state index in [-0.39, 0.29) is 18.5 Å². The monoisotopic (exact) mass is 419 g/mol. The molecule has 1 aliphatic heterocycles. The van der Waals surface area contributed by atoms with Gasteiger partial charge in [-0.3, -0.25) is 10.1 Å². The molecule has 30 heavy (non-hydrogen) atoms. The van der Waals surface area contributed by atoms with Crippen LogP contribution in [0.1, 0.15) is 42.2 Å². The van der Waals surface area contributed by atoms with Crippen LogP contribution in [0.4, 0.5) is 11.4 Å². The molecule has 4 nitrogen and oxygen atoms in total. The molecule has 0 radical (unpaired) electrons. The van der Waals surface area contributed by atoms with E-state index in [4.69, 9.17) is 0 Å². The molecular weight excluding hydrogens is 390 g/mol. The third-order valence-electron chi connectivity index (χ3n) is 5.55. The molecule has 0 spiro atoms. The number of benzene rings is 2. The molecular formula is C25H29N3OS. The Balaban J connectivity index is 1.34. The second-order valence-corrected chi connectivity index (χ2v) is 8.72. The van der Waals surface area contributed by atoms with Crippen molar-refractivity contribution >= 4 is 28.6 Å². The fourth-order valence-electron chi connectivity index (χ4n) is 3.97. The van der Waals surface area contributed by atoms with E-state index in [1.54, 1.807) is 11.3 Å². The number of rotatable bonds is 7. The summed E-state index contributed by atoms with van der Waals surface area (Å²) in [6, 6.07) is 22.7. The summed E-state index contributed by atoms with van der Waals surface area (Å²) in [5.41, 5.74) is 3.25. The van der Waals surface area contributed by atoms with Gasteiger partial charge in [0.2, 0.25) is 5.91 Å². The number of thiophene rings is 1. The van der Waals surface area contributed by atoms with E-state index < -0.39 is 0 Å². The quantitative estimate of drug-likeness (QED) is 0.535. The Hall–Kier alpha value is -2.63. The van der Waals surface area contributed by atoms with Crippen molar-refractivity contribution in [2.75, 3.05) is 29.9 Å². The predicted octanol–water partition coefficient (Wildman–Crippen LogP) is 5.45. The van der Waals surface area contributed by atoms with Gasteiger partial charge in [-0.2, -0.15) is 0 Å². The number of amides is 1. The Bertz CT molecular complexity index is 901. The standard InChI is InChI=1S/C25H29N3OS/c29-24(19-26-25(23-11-8-18-30-23)20-9-4-3-5-10-20)27-21-12-14-22(15-13-21)28-16-6-1-2-7-17-28/h3-5,8-15,18,25-26H,1-2,6-7,16-17,19H2,(H,27,29)/t25-/m1/s1. The Morgan fingerprint density at radius 1 is 0.900 bits per heavy atom. The summed E-state index contributed by atoms with van der Waals surface area (Å²) in [7, 11) is 0. The van der Waals surface area contributed by atoms with Gasteiger partial charge in [-0.25, -0.2) is 0 Å². The minimum atomic E-state index is -0.0324. The summed E-state index contributed by atoms with van der Waals surface area (Å²) in [4.78, 5) is 16.2. The summed E-state index contributed by atoms with van der Waals surface area (Å²) in [5.74, 6) is -0.0324. The second-order valence-electron chi connectivity index (χ2n) is 7.74. The Morgan fingerprint density at radius 3 is 2.30 bits per heavy atom. The first-order valence-corrected chi connectivity index (χ1v) is 11.6. The van der Waals surface area contributed by atoms with E-state index in [0.29, 0.717) is 0 Å². The number of anilines is 2. The summed E-state index contributed by atoms with van der Waals surface area (Å²) < 4.78 is 0. The number of carbonyl (C=O) groups is 1. The van der Waals surface area contributed by atoms with Gasteiger partial charge in [0.1, 0.15) is 0 Å². The fraction of sp³-hybridized carbons (Fsp3) is 0.320. The van der Waals surface area contributed by atoms with Crippen LogP contribution in [0.3, 0.4) is 0 Å². The molecule has 1 aromatic heterocycles. The van der Waals surface area contributed by atoms with Gasteiger partial charge < -0.3 is 10.2 Å². The molecule has 2 N–H and O–H groups in total. The number of nitrogens with zero attached hydrogens (tertiary/aromatic N) is 1. The van der Waals surface area contributed by atoms with Gasteiger partial charge in [-0.05, 0) is 54.1 Å². The first-order valence-electron chi connectivity index (χ1n) is 10.8. The molecule has 2 aromatic carbocycles. The average Bonchev–Trinajstić information content (AvgIpc) is 3.17. The highest BCUT2D eigenvalue weighted by Gasteiger charge is 2.16. The van der Waals surface area contributed by atoms with Gasteiger partial charge in [0.15, 0.2) is 0 Å². The van der Waals surface area contributed by atoms with Crippen molar-refractivity contribution in [1.82, 2.24) is 5.32 Å². The van der Waals surface area contributed by atoms with E-state index >= 15 is 0 Å². The number of carbonyl (C=O) groups excluding carboxylic acids is 1. The van der Waals surface area contributed by atoms with Gasteiger partial charge in [0.25, 0.3) is 0 Å². The van der Waals surface area contributed by atoms with Crippen LogP contribution in [-0.4, -0.2) is 25.5 Å². The zero-order chi connectivity index (χ0) is 20.6. The molecule has 0 saturated carbocycles. The molecule has 4 rings (SSSR count). The Labute approximate surface area is 182 Å². The molecule has 0 aliphatic carbocycles. The third kappa shape index (κ3) is 5.49. The molecule has 1 saturated heterocycles. The summed E-state index contributed by atoms with van der Waals surface area (Å²) >= 11 is 1.70. The van der Waals surface area contributed by atoms with Crippen molar-refractivity contribution < 1.29 is 4.79 Å². The van der Waals surface area contributed by atoms with Crippen LogP contribution < -0.4 is 15.5 Å². The van der Waals surface area contributed by atoms with Crippen LogP contribution in [-0.2, 0) is 4.79 Å². The summed E-state index contributed by atoms with van der Waals surface area (Å²) in [6.07, 6.45) is 5.17. The zero-order valence-electron chi connectivity index (χ0n) is 17.2. The lowest BCUT2D eigenvalue weighted by atomic mass is 10.1. The second kappa shape index (κ2) is 10.4. The van der Waals surface area contributed by atoms with Crippen molar-refractivity contribution in [2.45, 2.75) is 31.7 Å². The molecule has 1 amide bonds. The zero-order valence-corrected chi connectivity index (χ0v) is 18.0. The van der Waals surface area contributed by atoms with Crippen molar-refractivity contribution in [3.8, 4) is 0 Å². The Kier molecular flexibility index (Phi) is 7.16. The lowest BCUT2D eigenvalue weighted by Gasteiger charge is -2.23. The molecule has 3 aromatic rings. The van der Waals surface area contributed by atoms with Gasteiger partial charge in [-0.15, -0.1) is 11.3 Å². The lowest BCUT2D eigenvalue weighted by molar-refractivity contribution is -0.115. The van der Waals surface area contributed by atoms with Crippen molar-refractivity contribution in [3.05, 3.63) is 82.6 Å². The highest BCUT2D eigenvalue weighted by Crippen LogP contribution is 2.26. The molecule has 0 bridgehead atoms. The average molecular weight is 420 g/mol.